The molecule has 2 aromatic rings. The van der Waals surface area contributed by atoms with Crippen molar-refractivity contribution in [2.24, 2.45) is 16.8 Å². The Hall–Kier alpha value is -3.88. The van der Waals surface area contributed by atoms with E-state index in [2.05, 4.69) is 15.5 Å². The fourth-order valence-corrected chi connectivity index (χ4v) is 4.29. The number of benzene rings is 1. The number of rotatable bonds is 7. The van der Waals surface area contributed by atoms with Crippen LogP contribution in [0.25, 0.3) is 0 Å². The second-order valence-corrected chi connectivity index (χ2v) is 9.09. The maximum Gasteiger partial charge on any atom is 0.419 e. The summed E-state index contributed by atoms with van der Waals surface area (Å²) in [6, 6.07) is 5.07. The number of halogens is 6. The maximum atomic E-state index is 14.2. The highest BCUT2D eigenvalue weighted by molar-refractivity contribution is 5.97. The number of primary amides is 1. The first-order valence-electron chi connectivity index (χ1n) is 11.3. The SMILES string of the molecule is C/C(COc1c([C@H]2[C@H](C(=O)Nc3ccnc(C(N)=O)c3)O[C@@](C)(C(F)(F)F)[C@H]2C)cccc1C(F)(F)F)=N/O. The van der Waals surface area contributed by atoms with Crippen molar-refractivity contribution in [2.75, 3.05) is 11.9 Å². The molecule has 0 bridgehead atoms. The van der Waals surface area contributed by atoms with E-state index in [4.69, 9.17) is 20.4 Å². The van der Waals surface area contributed by atoms with Gasteiger partial charge < -0.3 is 25.7 Å². The van der Waals surface area contributed by atoms with Crippen molar-refractivity contribution in [2.45, 2.75) is 50.7 Å². The minimum absolute atomic E-state index is 0.0605. The van der Waals surface area contributed by atoms with Crippen LogP contribution in [0.2, 0.25) is 0 Å². The third kappa shape index (κ3) is 5.92. The monoisotopic (exact) mass is 562 g/mol. The van der Waals surface area contributed by atoms with E-state index in [0.29, 0.717) is 13.0 Å². The first-order chi connectivity index (χ1) is 18.0. The largest absolute Gasteiger partial charge is 0.487 e. The molecule has 4 N–H and O–H groups in total. The number of carbonyl (C=O) groups excluding carboxylic acids is 2. The standard InChI is InChI=1S/C24H24F6N4O5/c1-11(34-37)10-38-18-14(5-4-6-15(18)23(25,26)27)17-12(2)22(3,24(28,29)30)39-19(17)21(36)33-13-7-8-32-16(9-13)20(31)35/h4-9,12,17,19,37H,10H2,1-3H3,(H2,31,35)(H,32,33,36)/b34-11-/t12-,17-,19+,22+/m0/s1. The van der Waals surface area contributed by atoms with Gasteiger partial charge in [0.05, 0.1) is 11.3 Å². The summed E-state index contributed by atoms with van der Waals surface area (Å²) in [5, 5.41) is 14.0. The summed E-state index contributed by atoms with van der Waals surface area (Å²) in [5.41, 5.74) is 0.118. The molecule has 0 unspecified atom stereocenters. The average Bonchev–Trinajstić information content (AvgIpc) is 3.13. The van der Waals surface area contributed by atoms with Crippen molar-refractivity contribution >= 4 is 23.2 Å². The Morgan fingerprint density at radius 3 is 2.46 bits per heavy atom. The van der Waals surface area contributed by atoms with Crippen LogP contribution in [0.1, 0.15) is 48.3 Å². The minimum Gasteiger partial charge on any atom is -0.487 e. The molecule has 0 saturated carbocycles. The number of para-hydroxylation sites is 1. The summed E-state index contributed by atoms with van der Waals surface area (Å²) >= 11 is 0. The zero-order valence-corrected chi connectivity index (χ0v) is 20.7. The molecule has 39 heavy (non-hydrogen) atoms. The number of carbonyl (C=O) groups is 2. The number of ether oxygens (including phenoxy) is 2. The molecule has 212 valence electrons. The highest BCUT2D eigenvalue weighted by atomic mass is 19.4. The lowest BCUT2D eigenvalue weighted by atomic mass is 9.76. The summed E-state index contributed by atoms with van der Waals surface area (Å²) < 4.78 is 94.9. The first kappa shape index (κ1) is 29.7. The highest BCUT2D eigenvalue weighted by Crippen LogP contribution is 2.55. The predicted molar refractivity (Wildman–Crippen MR) is 124 cm³/mol. The summed E-state index contributed by atoms with van der Waals surface area (Å²) in [7, 11) is 0. The zero-order valence-electron chi connectivity index (χ0n) is 20.7. The molecule has 9 nitrogen and oxygen atoms in total. The molecule has 1 aromatic carbocycles. The van der Waals surface area contributed by atoms with E-state index < -0.39 is 65.6 Å². The molecule has 2 amide bonds. The number of nitrogens with zero attached hydrogens (tertiary/aromatic N) is 2. The van der Waals surface area contributed by atoms with Gasteiger partial charge in [-0.2, -0.15) is 26.3 Å². The van der Waals surface area contributed by atoms with Crippen LogP contribution in [0.3, 0.4) is 0 Å². The number of nitrogens with one attached hydrogen (secondary N) is 1. The van der Waals surface area contributed by atoms with Crippen molar-refractivity contribution in [3.63, 3.8) is 0 Å². The molecule has 1 fully saturated rings. The summed E-state index contributed by atoms with van der Waals surface area (Å²) in [6.45, 7) is 2.43. The number of aromatic nitrogens is 1. The molecule has 0 radical (unpaired) electrons. The quantitative estimate of drug-likeness (QED) is 0.197. The van der Waals surface area contributed by atoms with Crippen molar-refractivity contribution in [3.8, 4) is 5.75 Å². The van der Waals surface area contributed by atoms with Gasteiger partial charge in [-0.1, -0.05) is 24.2 Å². The fourth-order valence-electron chi connectivity index (χ4n) is 4.29. The van der Waals surface area contributed by atoms with Gasteiger partial charge in [0.2, 0.25) is 0 Å². The van der Waals surface area contributed by atoms with Gasteiger partial charge in [-0.3, -0.25) is 14.6 Å². The van der Waals surface area contributed by atoms with Gasteiger partial charge in [0.1, 0.15) is 24.2 Å². The van der Waals surface area contributed by atoms with E-state index in [-0.39, 0.29) is 22.7 Å². The van der Waals surface area contributed by atoms with Gasteiger partial charge in [0.25, 0.3) is 11.8 Å². The summed E-state index contributed by atoms with van der Waals surface area (Å²) in [4.78, 5) is 28.4. The third-order valence-corrected chi connectivity index (χ3v) is 6.51. The Labute approximate surface area is 218 Å². The molecule has 4 atom stereocenters. The van der Waals surface area contributed by atoms with Gasteiger partial charge in [0.15, 0.2) is 5.60 Å². The van der Waals surface area contributed by atoms with E-state index in [1.807, 2.05) is 0 Å². The van der Waals surface area contributed by atoms with Gasteiger partial charge in [0, 0.05) is 29.3 Å². The predicted octanol–water partition coefficient (Wildman–Crippen LogP) is 4.51. The highest BCUT2D eigenvalue weighted by Gasteiger charge is 2.66. The second kappa shape index (κ2) is 10.7. The number of alkyl halides is 6. The van der Waals surface area contributed by atoms with E-state index in [1.54, 1.807) is 0 Å². The van der Waals surface area contributed by atoms with Crippen LogP contribution in [0, 0.1) is 5.92 Å². The molecule has 2 heterocycles. The van der Waals surface area contributed by atoms with Crippen molar-refractivity contribution in [1.29, 1.82) is 0 Å². The van der Waals surface area contributed by atoms with E-state index in [0.717, 1.165) is 31.3 Å². The molecule has 0 spiro atoms. The van der Waals surface area contributed by atoms with E-state index in [9.17, 15) is 35.9 Å². The topological polar surface area (TPSA) is 136 Å². The lowest BCUT2D eigenvalue weighted by Gasteiger charge is -2.32. The van der Waals surface area contributed by atoms with Gasteiger partial charge in [-0.05, 0) is 32.0 Å². The fraction of sp³-hybridized carbons (Fsp3) is 0.417. The summed E-state index contributed by atoms with van der Waals surface area (Å²) in [6.07, 6.45) is -10.8. The molecular weight excluding hydrogens is 538 g/mol. The smallest absolute Gasteiger partial charge is 0.419 e. The van der Waals surface area contributed by atoms with Crippen LogP contribution >= 0.6 is 0 Å². The molecule has 3 rings (SSSR count). The molecule has 1 aliphatic heterocycles. The number of hydrogen-bond acceptors (Lipinski definition) is 7. The Balaban J connectivity index is 2.16. The van der Waals surface area contributed by atoms with Gasteiger partial charge in [-0.25, -0.2) is 0 Å². The average molecular weight is 562 g/mol. The third-order valence-electron chi connectivity index (χ3n) is 6.51. The van der Waals surface area contributed by atoms with E-state index >= 15 is 0 Å². The molecule has 1 aliphatic rings. The number of anilines is 1. The van der Waals surface area contributed by atoms with Crippen LogP contribution in [-0.4, -0.2) is 52.2 Å². The van der Waals surface area contributed by atoms with Crippen molar-refractivity contribution < 1.29 is 50.6 Å². The molecular formula is C24H24F6N4O5. The van der Waals surface area contributed by atoms with Crippen LogP contribution in [-0.2, 0) is 15.7 Å². The molecule has 1 aromatic heterocycles. The van der Waals surface area contributed by atoms with E-state index in [1.165, 1.54) is 13.0 Å². The Bertz CT molecular complexity index is 1280. The minimum atomic E-state index is -5.02. The van der Waals surface area contributed by atoms with Gasteiger partial charge in [-0.15, -0.1) is 0 Å². The molecule has 15 heteroatoms. The van der Waals surface area contributed by atoms with Crippen LogP contribution < -0.4 is 15.8 Å². The first-order valence-corrected chi connectivity index (χ1v) is 11.3. The molecule has 0 aliphatic carbocycles. The van der Waals surface area contributed by atoms with Crippen LogP contribution in [0.5, 0.6) is 5.75 Å². The Morgan fingerprint density at radius 1 is 1.23 bits per heavy atom. The maximum absolute atomic E-state index is 14.2. The number of hydrogen-bond donors (Lipinski definition) is 3. The summed E-state index contributed by atoms with van der Waals surface area (Å²) in [5.74, 6) is -6.06. The Morgan fingerprint density at radius 2 is 1.90 bits per heavy atom. The number of pyridine rings is 1. The lowest BCUT2D eigenvalue weighted by Crippen LogP contribution is -2.47. The Kier molecular flexibility index (Phi) is 8.15. The molecule has 1 saturated heterocycles. The lowest BCUT2D eigenvalue weighted by molar-refractivity contribution is -0.272. The van der Waals surface area contributed by atoms with Crippen LogP contribution in [0.4, 0.5) is 32.0 Å². The second-order valence-electron chi connectivity index (χ2n) is 9.09. The van der Waals surface area contributed by atoms with Gasteiger partial charge >= 0.3 is 12.4 Å². The van der Waals surface area contributed by atoms with Crippen LogP contribution in [0.15, 0.2) is 41.7 Å². The number of amides is 2. The number of oxime groups is 1. The van der Waals surface area contributed by atoms with Crippen molar-refractivity contribution in [1.82, 2.24) is 4.98 Å². The normalized spacial score (nSPS) is 23.9. The number of nitrogens with two attached hydrogens (primary N) is 1. The van der Waals surface area contributed by atoms with Crippen molar-refractivity contribution in [3.05, 3.63) is 53.3 Å². The zero-order chi connectivity index (χ0) is 29.3.